The molecule has 4 nitrogen and oxygen atoms in total. The molecule has 1 heterocycles. The van der Waals surface area contributed by atoms with Crippen molar-refractivity contribution in [3.05, 3.63) is 56.3 Å². The number of methoxy groups -OCH3 is 1. The molecule has 1 aliphatic heterocycles. The summed E-state index contributed by atoms with van der Waals surface area (Å²) in [6.45, 7) is 1.81. The fourth-order valence-corrected chi connectivity index (χ4v) is 3.93. The van der Waals surface area contributed by atoms with Crippen LogP contribution >= 0.6 is 23.2 Å². The smallest absolute Gasteiger partial charge is 0.336 e. The van der Waals surface area contributed by atoms with Crippen molar-refractivity contribution >= 4 is 35.0 Å². The average molecular weight is 366 g/mol. The Morgan fingerprint density at radius 1 is 1.29 bits per heavy atom. The third-order valence-electron chi connectivity index (χ3n) is 4.45. The third kappa shape index (κ3) is 2.85. The van der Waals surface area contributed by atoms with Gasteiger partial charge in [0.15, 0.2) is 5.78 Å². The average Bonchev–Trinajstić information content (AvgIpc) is 2.53. The first-order valence-electron chi connectivity index (χ1n) is 7.71. The zero-order valence-corrected chi connectivity index (χ0v) is 14.9. The van der Waals surface area contributed by atoms with Gasteiger partial charge in [-0.05, 0) is 37.5 Å². The lowest BCUT2D eigenvalue weighted by molar-refractivity contribution is -0.136. The normalized spacial score (nSPS) is 20.7. The van der Waals surface area contributed by atoms with Crippen molar-refractivity contribution in [2.75, 3.05) is 7.11 Å². The number of carbonyl (C=O) groups is 2. The van der Waals surface area contributed by atoms with Crippen molar-refractivity contribution < 1.29 is 14.3 Å². The molecule has 6 heteroatoms. The first-order valence-corrected chi connectivity index (χ1v) is 8.47. The number of carbonyl (C=O) groups excluding carboxylic acids is 2. The molecule has 0 unspecified atom stereocenters. The van der Waals surface area contributed by atoms with Crippen molar-refractivity contribution in [3.8, 4) is 0 Å². The number of esters is 1. The molecule has 0 bridgehead atoms. The minimum atomic E-state index is -0.536. The summed E-state index contributed by atoms with van der Waals surface area (Å²) in [7, 11) is 1.33. The van der Waals surface area contributed by atoms with Crippen LogP contribution in [0.5, 0.6) is 0 Å². The Bertz CT molecular complexity index is 795. The van der Waals surface area contributed by atoms with Gasteiger partial charge < -0.3 is 10.1 Å². The van der Waals surface area contributed by atoms with Gasteiger partial charge in [0.1, 0.15) is 0 Å². The molecule has 0 radical (unpaired) electrons. The highest BCUT2D eigenvalue weighted by Gasteiger charge is 2.39. The molecular formula is C18H17Cl2NO3. The van der Waals surface area contributed by atoms with Crippen LogP contribution in [0.4, 0.5) is 0 Å². The number of dihydropyridines is 1. The maximum atomic E-state index is 12.6. The molecule has 1 aromatic rings. The predicted octanol–water partition coefficient (Wildman–Crippen LogP) is 4.13. The fourth-order valence-electron chi connectivity index (χ4n) is 3.41. The number of hydrogen-bond acceptors (Lipinski definition) is 4. The van der Waals surface area contributed by atoms with Gasteiger partial charge in [0.05, 0.1) is 12.7 Å². The van der Waals surface area contributed by atoms with Gasteiger partial charge in [-0.1, -0.05) is 29.3 Å². The Balaban J connectivity index is 2.23. The van der Waals surface area contributed by atoms with Gasteiger partial charge >= 0.3 is 5.97 Å². The number of ether oxygens (including phenoxy) is 1. The summed E-state index contributed by atoms with van der Waals surface area (Å²) in [6, 6.07) is 5.10. The monoisotopic (exact) mass is 365 g/mol. The summed E-state index contributed by atoms with van der Waals surface area (Å²) >= 11 is 12.4. The van der Waals surface area contributed by atoms with Crippen LogP contribution in [0.25, 0.3) is 0 Å². The number of allylic oxidation sites excluding steroid dienone is 3. The van der Waals surface area contributed by atoms with Crippen LogP contribution in [0, 0.1) is 0 Å². The van der Waals surface area contributed by atoms with E-state index in [0.29, 0.717) is 38.9 Å². The summed E-state index contributed by atoms with van der Waals surface area (Å²) in [5, 5.41) is 4.14. The van der Waals surface area contributed by atoms with Gasteiger partial charge in [0.2, 0.25) is 0 Å². The molecule has 0 aromatic heterocycles. The molecule has 0 spiro atoms. The largest absolute Gasteiger partial charge is 0.466 e. The second-order valence-electron chi connectivity index (χ2n) is 5.92. The maximum Gasteiger partial charge on any atom is 0.336 e. The molecule has 1 aliphatic carbocycles. The zero-order chi connectivity index (χ0) is 17.4. The first kappa shape index (κ1) is 17.1. The van der Waals surface area contributed by atoms with E-state index >= 15 is 0 Å². The SMILES string of the molecule is COC(=O)C1=C(C)NC2=C(C(=O)CCC2)[C@@H]1c1ccc(Cl)cc1Cl. The van der Waals surface area contributed by atoms with E-state index in [1.54, 1.807) is 18.2 Å². The van der Waals surface area contributed by atoms with Gasteiger partial charge in [-0.25, -0.2) is 4.79 Å². The van der Waals surface area contributed by atoms with Crippen molar-refractivity contribution in [1.82, 2.24) is 5.32 Å². The summed E-state index contributed by atoms with van der Waals surface area (Å²) in [6.07, 6.45) is 2.04. The van der Waals surface area contributed by atoms with Crippen LogP contribution in [-0.4, -0.2) is 18.9 Å². The van der Waals surface area contributed by atoms with Crippen molar-refractivity contribution in [2.24, 2.45) is 0 Å². The van der Waals surface area contributed by atoms with E-state index in [9.17, 15) is 9.59 Å². The molecule has 3 rings (SSSR count). The van der Waals surface area contributed by atoms with E-state index in [-0.39, 0.29) is 5.78 Å². The first-order chi connectivity index (χ1) is 11.4. The Hall–Kier alpha value is -1.78. The van der Waals surface area contributed by atoms with Crippen LogP contribution in [-0.2, 0) is 14.3 Å². The van der Waals surface area contributed by atoms with Crippen molar-refractivity contribution in [3.63, 3.8) is 0 Å². The van der Waals surface area contributed by atoms with E-state index in [2.05, 4.69) is 5.32 Å². The molecule has 1 atom stereocenters. The number of ketones is 1. The predicted molar refractivity (Wildman–Crippen MR) is 92.9 cm³/mol. The van der Waals surface area contributed by atoms with Gasteiger partial charge in [-0.3, -0.25) is 4.79 Å². The third-order valence-corrected chi connectivity index (χ3v) is 5.02. The second kappa shape index (κ2) is 6.61. The van der Waals surface area contributed by atoms with Crippen LogP contribution in [0.15, 0.2) is 40.7 Å². The molecular weight excluding hydrogens is 349 g/mol. The number of rotatable bonds is 2. The standard InChI is InChI=1S/C18H17Cl2NO3/c1-9-15(18(23)24-2)16(11-7-6-10(19)8-12(11)20)17-13(21-9)4-3-5-14(17)22/h6-8,16,21H,3-5H2,1-2H3/t16-/m1/s1. The van der Waals surface area contributed by atoms with Gasteiger partial charge in [0.25, 0.3) is 0 Å². The summed E-state index contributed by atoms with van der Waals surface area (Å²) in [5.74, 6) is -0.971. The Morgan fingerprint density at radius 3 is 2.71 bits per heavy atom. The summed E-state index contributed by atoms with van der Waals surface area (Å²) in [4.78, 5) is 25.0. The van der Waals surface area contributed by atoms with Crippen LogP contribution in [0.2, 0.25) is 10.0 Å². The molecule has 1 aromatic carbocycles. The van der Waals surface area contributed by atoms with Crippen LogP contribution in [0.1, 0.15) is 37.7 Å². The highest BCUT2D eigenvalue weighted by atomic mass is 35.5. The highest BCUT2D eigenvalue weighted by Crippen LogP contribution is 2.44. The molecule has 0 saturated carbocycles. The van der Waals surface area contributed by atoms with E-state index in [0.717, 1.165) is 18.5 Å². The Morgan fingerprint density at radius 2 is 2.04 bits per heavy atom. The molecule has 1 N–H and O–H groups in total. The fraction of sp³-hybridized carbons (Fsp3) is 0.333. The zero-order valence-electron chi connectivity index (χ0n) is 13.4. The van der Waals surface area contributed by atoms with Gasteiger partial charge in [-0.15, -0.1) is 0 Å². The van der Waals surface area contributed by atoms with Crippen LogP contribution in [0.3, 0.4) is 0 Å². The Labute approximate surface area is 150 Å². The highest BCUT2D eigenvalue weighted by molar-refractivity contribution is 6.35. The molecule has 0 saturated heterocycles. The molecule has 0 fully saturated rings. The molecule has 24 heavy (non-hydrogen) atoms. The molecule has 0 amide bonds. The van der Waals surface area contributed by atoms with E-state index in [1.165, 1.54) is 7.11 Å². The number of hydrogen-bond donors (Lipinski definition) is 1. The topological polar surface area (TPSA) is 55.4 Å². The minimum absolute atomic E-state index is 0.0358. The maximum absolute atomic E-state index is 12.6. The van der Waals surface area contributed by atoms with Crippen LogP contribution < -0.4 is 5.32 Å². The van der Waals surface area contributed by atoms with Gasteiger partial charge in [-0.2, -0.15) is 0 Å². The van der Waals surface area contributed by atoms with E-state index in [1.807, 2.05) is 6.92 Å². The number of halogens is 2. The van der Waals surface area contributed by atoms with Crippen molar-refractivity contribution in [2.45, 2.75) is 32.1 Å². The quantitative estimate of drug-likeness (QED) is 0.800. The summed E-state index contributed by atoms with van der Waals surface area (Å²) < 4.78 is 4.95. The van der Waals surface area contributed by atoms with Crippen molar-refractivity contribution in [1.29, 1.82) is 0 Å². The number of benzene rings is 1. The number of nitrogens with one attached hydrogen (secondary N) is 1. The Kier molecular flexibility index (Phi) is 4.70. The van der Waals surface area contributed by atoms with Gasteiger partial charge in [0, 0.05) is 39.4 Å². The van der Waals surface area contributed by atoms with E-state index < -0.39 is 11.9 Å². The lowest BCUT2D eigenvalue weighted by Gasteiger charge is -2.34. The lowest BCUT2D eigenvalue weighted by atomic mass is 9.75. The second-order valence-corrected chi connectivity index (χ2v) is 6.77. The molecule has 126 valence electrons. The number of Topliss-reactive ketones (excluding diaryl/α,β-unsaturated/α-hetero) is 1. The lowest BCUT2D eigenvalue weighted by Crippen LogP contribution is -2.34. The molecule has 2 aliphatic rings. The minimum Gasteiger partial charge on any atom is -0.466 e. The summed E-state index contributed by atoms with van der Waals surface area (Å²) in [5.41, 5.74) is 3.26. The van der Waals surface area contributed by atoms with E-state index in [4.69, 9.17) is 27.9 Å².